The van der Waals surface area contributed by atoms with Gasteiger partial charge in [-0.1, -0.05) is 32.0 Å². The second-order valence-electron chi connectivity index (χ2n) is 6.38. The van der Waals surface area contributed by atoms with Gasteiger partial charge in [-0.3, -0.25) is 9.78 Å². The van der Waals surface area contributed by atoms with Gasteiger partial charge in [-0.2, -0.15) is 0 Å². The molecule has 0 fully saturated rings. The molecular weight excluding hydrogens is 349 g/mol. The van der Waals surface area contributed by atoms with Crippen LogP contribution in [0.15, 0.2) is 54.0 Å². The van der Waals surface area contributed by atoms with Gasteiger partial charge in [0, 0.05) is 11.6 Å². The lowest BCUT2D eigenvalue weighted by molar-refractivity contribution is -0.121. The van der Waals surface area contributed by atoms with Gasteiger partial charge in [-0.05, 0) is 35.7 Å². The molecule has 3 rings (SSSR count). The van der Waals surface area contributed by atoms with Crippen LogP contribution in [0.1, 0.15) is 31.1 Å². The minimum Gasteiger partial charge on any atom is -0.349 e. The van der Waals surface area contributed by atoms with Gasteiger partial charge in [-0.15, -0.1) is 11.3 Å². The molecule has 1 atom stereocenters. The Hall–Kier alpha value is -2.60. The maximum absolute atomic E-state index is 13.1. The normalized spacial score (nSPS) is 12.2. The fraction of sp³-hybridized carbons (Fsp3) is 0.250. The van der Waals surface area contributed by atoms with Crippen LogP contribution in [0, 0.1) is 11.7 Å². The van der Waals surface area contributed by atoms with Crippen LogP contribution < -0.4 is 5.32 Å². The summed E-state index contributed by atoms with van der Waals surface area (Å²) in [5.74, 6) is -0.207. The molecular formula is C20H20FN3OS. The molecule has 4 nitrogen and oxygen atoms in total. The Morgan fingerprint density at radius 1 is 1.19 bits per heavy atom. The first-order valence-electron chi connectivity index (χ1n) is 8.43. The molecule has 0 aliphatic rings. The van der Waals surface area contributed by atoms with Crippen molar-refractivity contribution in [3.05, 3.63) is 71.1 Å². The standard InChI is InChI=1S/C20H20FN3OS/c1-13(2)19(14-6-8-15(21)9-7-14)24-18(25)11-16-12-26-20(23-16)17-5-3-4-10-22-17/h3-10,12-13,19H,11H2,1-2H3,(H,24,25)/t19-/m1/s1. The highest BCUT2D eigenvalue weighted by atomic mass is 32.1. The zero-order chi connectivity index (χ0) is 18.5. The van der Waals surface area contributed by atoms with E-state index in [4.69, 9.17) is 0 Å². The third kappa shape index (κ3) is 4.52. The first kappa shape index (κ1) is 18.2. The zero-order valence-corrected chi connectivity index (χ0v) is 15.5. The number of halogens is 1. The topological polar surface area (TPSA) is 54.9 Å². The van der Waals surface area contributed by atoms with Gasteiger partial charge >= 0.3 is 0 Å². The summed E-state index contributed by atoms with van der Waals surface area (Å²) in [7, 11) is 0. The summed E-state index contributed by atoms with van der Waals surface area (Å²) in [6, 6.07) is 11.7. The van der Waals surface area contributed by atoms with Gasteiger partial charge in [0.25, 0.3) is 0 Å². The van der Waals surface area contributed by atoms with Crippen LogP contribution in [0.25, 0.3) is 10.7 Å². The van der Waals surface area contributed by atoms with Crippen molar-refractivity contribution in [1.29, 1.82) is 0 Å². The number of carbonyl (C=O) groups excluding carboxylic acids is 1. The number of nitrogens with zero attached hydrogens (tertiary/aromatic N) is 2. The van der Waals surface area contributed by atoms with Crippen molar-refractivity contribution < 1.29 is 9.18 Å². The summed E-state index contributed by atoms with van der Waals surface area (Å²) in [6.07, 6.45) is 1.92. The van der Waals surface area contributed by atoms with Crippen LogP contribution in [0.2, 0.25) is 0 Å². The van der Waals surface area contributed by atoms with Gasteiger partial charge in [0.05, 0.1) is 23.9 Å². The molecule has 26 heavy (non-hydrogen) atoms. The molecule has 1 N–H and O–H groups in total. The Bertz CT molecular complexity index is 862. The number of benzene rings is 1. The van der Waals surface area contributed by atoms with Gasteiger partial charge in [-0.25, -0.2) is 9.37 Å². The number of nitrogens with one attached hydrogen (secondary N) is 1. The van der Waals surface area contributed by atoms with Gasteiger partial charge < -0.3 is 5.32 Å². The van der Waals surface area contributed by atoms with Crippen molar-refractivity contribution in [2.45, 2.75) is 26.3 Å². The molecule has 0 aliphatic heterocycles. The summed E-state index contributed by atoms with van der Waals surface area (Å²) < 4.78 is 13.1. The summed E-state index contributed by atoms with van der Waals surface area (Å²) in [6.45, 7) is 4.05. The number of aromatic nitrogens is 2. The van der Waals surface area contributed by atoms with E-state index < -0.39 is 0 Å². The quantitative estimate of drug-likeness (QED) is 0.701. The number of thiazole rings is 1. The van der Waals surface area contributed by atoms with Crippen molar-refractivity contribution >= 4 is 17.2 Å². The molecule has 0 unspecified atom stereocenters. The minimum atomic E-state index is -0.285. The maximum Gasteiger partial charge on any atom is 0.226 e. The van der Waals surface area contributed by atoms with Crippen LogP contribution in [0.5, 0.6) is 0 Å². The molecule has 2 heterocycles. The lowest BCUT2D eigenvalue weighted by Crippen LogP contribution is -2.32. The van der Waals surface area contributed by atoms with Crippen LogP contribution in [-0.4, -0.2) is 15.9 Å². The second-order valence-corrected chi connectivity index (χ2v) is 7.23. The fourth-order valence-corrected chi connectivity index (χ4v) is 3.48. The zero-order valence-electron chi connectivity index (χ0n) is 14.6. The smallest absolute Gasteiger partial charge is 0.226 e. The number of amides is 1. The van der Waals surface area contributed by atoms with E-state index in [0.717, 1.165) is 22.0 Å². The molecule has 0 spiro atoms. The van der Waals surface area contributed by atoms with Crippen LogP contribution in [0.3, 0.4) is 0 Å². The maximum atomic E-state index is 13.1. The van der Waals surface area contributed by atoms with Gasteiger partial charge in [0.1, 0.15) is 10.8 Å². The number of hydrogen-bond donors (Lipinski definition) is 1. The minimum absolute atomic E-state index is 0.106. The summed E-state index contributed by atoms with van der Waals surface area (Å²) >= 11 is 1.47. The number of hydrogen-bond acceptors (Lipinski definition) is 4. The number of rotatable bonds is 6. The summed E-state index contributed by atoms with van der Waals surface area (Å²) in [4.78, 5) is 21.3. The number of pyridine rings is 1. The van der Waals surface area contributed by atoms with E-state index in [1.807, 2.05) is 37.4 Å². The Kier molecular flexibility index (Phi) is 5.73. The number of carbonyl (C=O) groups is 1. The van der Waals surface area contributed by atoms with Crippen molar-refractivity contribution in [2.75, 3.05) is 0 Å². The lowest BCUT2D eigenvalue weighted by Gasteiger charge is -2.22. The van der Waals surface area contributed by atoms with Crippen molar-refractivity contribution in [1.82, 2.24) is 15.3 Å². The van der Waals surface area contributed by atoms with E-state index in [9.17, 15) is 9.18 Å². The molecule has 6 heteroatoms. The van der Waals surface area contributed by atoms with Gasteiger partial charge in [0.2, 0.25) is 5.91 Å². The average molecular weight is 369 g/mol. The molecule has 3 aromatic rings. The molecule has 0 bridgehead atoms. The molecule has 2 aromatic heterocycles. The average Bonchev–Trinajstić information content (AvgIpc) is 3.09. The fourth-order valence-electron chi connectivity index (χ4n) is 2.69. The van der Waals surface area contributed by atoms with Crippen LogP contribution in [0.4, 0.5) is 4.39 Å². The highest BCUT2D eigenvalue weighted by Gasteiger charge is 2.19. The van der Waals surface area contributed by atoms with E-state index in [1.54, 1.807) is 18.3 Å². The van der Waals surface area contributed by atoms with Gasteiger partial charge in [0.15, 0.2) is 0 Å². The predicted molar refractivity (Wildman–Crippen MR) is 101 cm³/mol. The van der Waals surface area contributed by atoms with Crippen molar-refractivity contribution in [2.24, 2.45) is 5.92 Å². The predicted octanol–water partition coefficient (Wildman–Crippen LogP) is 4.40. The molecule has 134 valence electrons. The van der Waals surface area contributed by atoms with E-state index >= 15 is 0 Å². The second kappa shape index (κ2) is 8.19. The van der Waals surface area contributed by atoms with Crippen LogP contribution >= 0.6 is 11.3 Å². The molecule has 0 radical (unpaired) electrons. The molecule has 0 saturated carbocycles. The molecule has 0 saturated heterocycles. The summed E-state index contributed by atoms with van der Waals surface area (Å²) in [5, 5.41) is 5.72. The molecule has 0 aliphatic carbocycles. The monoisotopic (exact) mass is 369 g/mol. The SMILES string of the molecule is CC(C)[C@@H](NC(=O)Cc1csc(-c2ccccn2)n1)c1ccc(F)cc1. The Morgan fingerprint density at radius 3 is 2.62 bits per heavy atom. The Morgan fingerprint density at radius 2 is 1.96 bits per heavy atom. The largest absolute Gasteiger partial charge is 0.349 e. The third-order valence-electron chi connectivity index (χ3n) is 3.99. The third-order valence-corrected chi connectivity index (χ3v) is 4.90. The lowest BCUT2D eigenvalue weighted by atomic mass is 9.96. The highest BCUT2D eigenvalue weighted by Crippen LogP contribution is 2.24. The van der Waals surface area contributed by atoms with E-state index in [0.29, 0.717) is 0 Å². The molecule has 1 aromatic carbocycles. The first-order valence-corrected chi connectivity index (χ1v) is 9.31. The van der Waals surface area contributed by atoms with Crippen molar-refractivity contribution in [3.8, 4) is 10.7 Å². The van der Waals surface area contributed by atoms with E-state index in [-0.39, 0.29) is 30.1 Å². The van der Waals surface area contributed by atoms with Crippen molar-refractivity contribution in [3.63, 3.8) is 0 Å². The summed E-state index contributed by atoms with van der Waals surface area (Å²) in [5.41, 5.74) is 2.41. The Labute approximate surface area is 156 Å². The molecule has 1 amide bonds. The Balaban J connectivity index is 1.67. The van der Waals surface area contributed by atoms with E-state index in [1.165, 1.54) is 23.5 Å². The first-order chi connectivity index (χ1) is 12.5. The van der Waals surface area contributed by atoms with E-state index in [2.05, 4.69) is 15.3 Å². The highest BCUT2D eigenvalue weighted by molar-refractivity contribution is 7.13. The van der Waals surface area contributed by atoms with Crippen LogP contribution in [-0.2, 0) is 11.2 Å².